The number of H-pyrrole nitrogens is 1. The van der Waals surface area contributed by atoms with Gasteiger partial charge in [-0.05, 0) is 60.9 Å². The molecule has 5 aromatic rings. The summed E-state index contributed by atoms with van der Waals surface area (Å²) in [6.07, 6.45) is 9.66. The highest BCUT2D eigenvalue weighted by Gasteiger charge is 2.26. The summed E-state index contributed by atoms with van der Waals surface area (Å²) >= 11 is 0. The van der Waals surface area contributed by atoms with Crippen molar-refractivity contribution in [3.63, 3.8) is 0 Å². The molecule has 2 atom stereocenters. The second kappa shape index (κ2) is 17.1. The number of carbonyl (C=O) groups excluding carboxylic acids is 2. The normalized spacial score (nSPS) is 12.2. The molecule has 0 aliphatic rings. The van der Waals surface area contributed by atoms with Crippen LogP contribution in [-0.2, 0) is 16.0 Å². The van der Waals surface area contributed by atoms with Crippen LogP contribution in [0.1, 0.15) is 62.0 Å². The monoisotopic (exact) mass is 677 g/mol. The van der Waals surface area contributed by atoms with Gasteiger partial charge < -0.3 is 30.2 Å². The zero-order chi connectivity index (χ0) is 35.5. The van der Waals surface area contributed by atoms with Crippen LogP contribution in [0.2, 0.25) is 0 Å². The van der Waals surface area contributed by atoms with Gasteiger partial charge in [0.15, 0.2) is 5.82 Å². The van der Waals surface area contributed by atoms with Crippen LogP contribution < -0.4 is 20.1 Å². The van der Waals surface area contributed by atoms with E-state index in [-0.39, 0.29) is 12.1 Å². The Balaban J connectivity index is 1.23. The first-order valence-electron chi connectivity index (χ1n) is 16.9. The summed E-state index contributed by atoms with van der Waals surface area (Å²) in [6, 6.07) is 20.1. The van der Waals surface area contributed by atoms with E-state index in [1.807, 2.05) is 48.5 Å². The molecule has 11 nitrogen and oxygen atoms in total. The van der Waals surface area contributed by atoms with E-state index >= 15 is 0 Å². The number of aromatic amines is 1. The van der Waals surface area contributed by atoms with Gasteiger partial charge in [-0.1, -0.05) is 69.0 Å². The molecule has 5 rings (SSSR count). The van der Waals surface area contributed by atoms with Gasteiger partial charge in [-0.3, -0.25) is 14.4 Å². The Kier molecular flexibility index (Phi) is 12.2. The molecule has 2 aromatic heterocycles. The number of fused-ring (bicyclic) bond motifs is 1. The van der Waals surface area contributed by atoms with Crippen LogP contribution in [0.25, 0.3) is 33.4 Å². The third-order valence-corrected chi connectivity index (χ3v) is 8.43. The molecule has 0 spiro atoms. The maximum atomic E-state index is 13.3. The van der Waals surface area contributed by atoms with Gasteiger partial charge in [-0.25, -0.2) is 9.97 Å². The van der Waals surface area contributed by atoms with Crippen molar-refractivity contribution in [1.82, 2.24) is 25.6 Å². The largest absolute Gasteiger partial charge is 0.497 e. The number of carboxylic acid groups (broad SMARTS) is 1. The van der Waals surface area contributed by atoms with Crippen molar-refractivity contribution in [3.8, 4) is 34.0 Å². The van der Waals surface area contributed by atoms with Gasteiger partial charge in [0.25, 0.3) is 5.91 Å². The molecule has 0 aliphatic heterocycles. The lowest BCUT2D eigenvalue weighted by atomic mass is 10.0. The molecule has 3 aromatic carbocycles. The molecule has 0 unspecified atom stereocenters. The fraction of sp³-hybridized carbons (Fsp3) is 0.308. The molecule has 0 bridgehead atoms. The van der Waals surface area contributed by atoms with Crippen LogP contribution in [0.15, 0.2) is 85.2 Å². The summed E-state index contributed by atoms with van der Waals surface area (Å²) in [5, 5.41) is 15.3. The summed E-state index contributed by atoms with van der Waals surface area (Å²) < 4.78 is 11.1. The van der Waals surface area contributed by atoms with E-state index in [1.54, 1.807) is 43.8 Å². The molecular weight excluding hydrogens is 634 g/mol. The molecule has 2 heterocycles. The number of unbranched alkanes of at least 4 members (excludes halogenated alkanes) is 4. The predicted octanol–water partition coefficient (Wildman–Crippen LogP) is 6.58. The molecule has 260 valence electrons. The summed E-state index contributed by atoms with van der Waals surface area (Å²) in [5.41, 5.74) is 4.38. The van der Waals surface area contributed by atoms with E-state index in [2.05, 4.69) is 32.5 Å². The highest BCUT2D eigenvalue weighted by atomic mass is 16.5. The van der Waals surface area contributed by atoms with Gasteiger partial charge in [0.05, 0.1) is 13.7 Å². The zero-order valence-corrected chi connectivity index (χ0v) is 28.6. The third-order valence-electron chi connectivity index (χ3n) is 8.43. The third kappa shape index (κ3) is 9.46. The van der Waals surface area contributed by atoms with Crippen LogP contribution in [0.3, 0.4) is 0 Å². The number of methoxy groups -OCH3 is 1. The number of benzene rings is 3. The van der Waals surface area contributed by atoms with Crippen LogP contribution in [0.4, 0.5) is 0 Å². The van der Waals surface area contributed by atoms with E-state index in [9.17, 15) is 19.5 Å². The highest BCUT2D eigenvalue weighted by Crippen LogP contribution is 2.24. The number of ether oxygens (including phenoxy) is 2. The lowest BCUT2D eigenvalue weighted by Gasteiger charge is -2.20. The number of aliphatic carboxylic acids is 1. The minimum absolute atomic E-state index is 0.122. The Morgan fingerprint density at radius 2 is 1.50 bits per heavy atom. The predicted molar refractivity (Wildman–Crippen MR) is 192 cm³/mol. The molecule has 0 saturated heterocycles. The average Bonchev–Trinajstić information content (AvgIpc) is 3.57. The Labute approximate surface area is 291 Å². The molecular formula is C39H43N5O6. The van der Waals surface area contributed by atoms with Gasteiger partial charge in [0.2, 0.25) is 5.91 Å². The van der Waals surface area contributed by atoms with Crippen molar-refractivity contribution in [2.45, 2.75) is 64.5 Å². The van der Waals surface area contributed by atoms with Crippen molar-refractivity contribution >= 4 is 28.7 Å². The number of hydrogen-bond acceptors (Lipinski definition) is 7. The molecule has 0 radical (unpaired) electrons. The fourth-order valence-corrected chi connectivity index (χ4v) is 5.47. The second-order valence-electron chi connectivity index (χ2n) is 12.2. The summed E-state index contributed by atoms with van der Waals surface area (Å²) in [5.74, 6) is -0.275. The molecule has 0 aliphatic carbocycles. The molecule has 0 fully saturated rings. The van der Waals surface area contributed by atoms with Crippen LogP contribution >= 0.6 is 0 Å². The number of nitrogens with zero attached hydrogens (tertiary/aromatic N) is 2. The van der Waals surface area contributed by atoms with Gasteiger partial charge >= 0.3 is 5.97 Å². The number of hydrogen-bond donors (Lipinski definition) is 4. The standard InChI is InChI=1S/C39H43N5O6/c1-4-5-6-7-8-19-50-31-15-13-27(14-16-31)30-23-40-36(41-24-30)28-11-9-26(10-12-28)20-34(37(45)42-25(2)39(47)48)44-38(46)35-22-29-21-32(49-3)17-18-33(29)43-35/h9-18,21-25,34,43H,4-8,19-20H2,1-3H3,(H,42,45)(H,44,46)(H,47,48)/t25-,34+/m1/s1. The SMILES string of the molecule is CCCCCCCOc1ccc(-c2cnc(-c3ccc(C[C@H](NC(=O)c4cc5cc(OC)ccc5[nH]4)C(=O)N[C@H](C)C(=O)O)cc3)nc2)cc1. The first kappa shape index (κ1) is 35.6. The number of rotatable bonds is 17. The topological polar surface area (TPSA) is 156 Å². The Bertz CT molecular complexity index is 1890. The average molecular weight is 678 g/mol. The maximum absolute atomic E-state index is 13.3. The van der Waals surface area contributed by atoms with E-state index < -0.39 is 29.9 Å². The first-order chi connectivity index (χ1) is 24.2. The molecule has 50 heavy (non-hydrogen) atoms. The minimum Gasteiger partial charge on any atom is -0.497 e. The molecule has 4 N–H and O–H groups in total. The maximum Gasteiger partial charge on any atom is 0.325 e. The fourth-order valence-electron chi connectivity index (χ4n) is 5.47. The van der Waals surface area contributed by atoms with Gasteiger partial charge in [0, 0.05) is 40.8 Å². The number of aromatic nitrogens is 3. The molecule has 11 heteroatoms. The highest BCUT2D eigenvalue weighted by molar-refractivity contribution is 6.00. The second-order valence-corrected chi connectivity index (χ2v) is 12.2. The van der Waals surface area contributed by atoms with Crippen LogP contribution in [0.5, 0.6) is 11.5 Å². The summed E-state index contributed by atoms with van der Waals surface area (Å²) in [7, 11) is 1.56. The zero-order valence-electron chi connectivity index (χ0n) is 28.6. The van der Waals surface area contributed by atoms with Crippen LogP contribution in [0, 0.1) is 0 Å². The number of nitrogens with one attached hydrogen (secondary N) is 3. The minimum atomic E-state index is -1.18. The van der Waals surface area contributed by atoms with Crippen molar-refractivity contribution in [2.24, 2.45) is 0 Å². The van der Waals surface area contributed by atoms with Crippen molar-refractivity contribution < 1.29 is 29.0 Å². The van der Waals surface area contributed by atoms with Gasteiger partial charge in [-0.15, -0.1) is 0 Å². The van der Waals surface area contributed by atoms with Crippen LogP contribution in [-0.4, -0.2) is 63.6 Å². The Morgan fingerprint density at radius 1 is 0.820 bits per heavy atom. The van der Waals surface area contributed by atoms with Crippen molar-refractivity contribution in [2.75, 3.05) is 13.7 Å². The molecule has 0 saturated carbocycles. The lowest BCUT2D eigenvalue weighted by molar-refractivity contribution is -0.141. The number of carbonyl (C=O) groups is 3. The van der Waals surface area contributed by atoms with Crippen molar-refractivity contribution in [1.29, 1.82) is 0 Å². The lowest BCUT2D eigenvalue weighted by Crippen LogP contribution is -2.51. The number of carboxylic acids is 1. The first-order valence-corrected chi connectivity index (χ1v) is 16.9. The van der Waals surface area contributed by atoms with E-state index in [4.69, 9.17) is 9.47 Å². The quantitative estimate of drug-likeness (QED) is 0.0805. The van der Waals surface area contributed by atoms with Gasteiger partial charge in [0.1, 0.15) is 29.3 Å². The number of amides is 2. The summed E-state index contributed by atoms with van der Waals surface area (Å²) in [6.45, 7) is 4.29. The Morgan fingerprint density at radius 3 is 2.18 bits per heavy atom. The molecule has 2 amide bonds. The Hall–Kier alpha value is -5.71. The smallest absolute Gasteiger partial charge is 0.325 e. The van der Waals surface area contributed by atoms with Gasteiger partial charge in [-0.2, -0.15) is 0 Å². The van der Waals surface area contributed by atoms with E-state index in [0.717, 1.165) is 45.3 Å². The van der Waals surface area contributed by atoms with E-state index in [0.29, 0.717) is 18.2 Å². The summed E-state index contributed by atoms with van der Waals surface area (Å²) in [4.78, 5) is 50.1. The van der Waals surface area contributed by atoms with E-state index in [1.165, 1.54) is 32.6 Å². The van der Waals surface area contributed by atoms with Crippen molar-refractivity contribution in [3.05, 3.63) is 96.4 Å².